The predicted molar refractivity (Wildman–Crippen MR) is 231 cm³/mol. The summed E-state index contributed by atoms with van der Waals surface area (Å²) in [7, 11) is 0. The van der Waals surface area contributed by atoms with E-state index in [0.717, 1.165) is 51.4 Å². The molecule has 310 valence electrons. The van der Waals surface area contributed by atoms with Crippen LogP contribution in [0.15, 0.2) is 48.6 Å². The zero-order valence-corrected chi connectivity index (χ0v) is 35.1. The van der Waals surface area contributed by atoms with Gasteiger partial charge < -0.3 is 20.6 Å². The Hall–Kier alpha value is -1.69. The van der Waals surface area contributed by atoms with E-state index in [9.17, 15) is 20.1 Å². The van der Waals surface area contributed by atoms with E-state index in [0.29, 0.717) is 6.42 Å². The Balaban J connectivity index is 3.71. The smallest absolute Gasteiger partial charge is 0.222 e. The fourth-order valence-electron chi connectivity index (χ4n) is 6.80. The van der Waals surface area contributed by atoms with Crippen molar-refractivity contribution in [2.45, 2.75) is 244 Å². The van der Waals surface area contributed by atoms with Crippen LogP contribution in [-0.4, -0.2) is 46.1 Å². The number of carbonyl (C=O) groups excluding carboxylic acids is 1. The van der Waals surface area contributed by atoms with Crippen molar-refractivity contribution in [1.82, 2.24) is 5.32 Å². The van der Waals surface area contributed by atoms with Gasteiger partial charge in [-0.05, 0) is 64.2 Å². The minimum Gasteiger partial charge on any atom is -0.394 e. The highest BCUT2D eigenvalue weighted by Crippen LogP contribution is 2.15. The van der Waals surface area contributed by atoms with Gasteiger partial charge in [-0.1, -0.05) is 204 Å². The number of carbonyl (C=O) groups is 1. The van der Waals surface area contributed by atoms with Gasteiger partial charge in [0.2, 0.25) is 5.91 Å². The maximum Gasteiger partial charge on any atom is 0.222 e. The fourth-order valence-corrected chi connectivity index (χ4v) is 6.80. The van der Waals surface area contributed by atoms with E-state index in [1.165, 1.54) is 148 Å². The SMILES string of the molecule is CCCCC/C=C\C/C=C\CCCCCCCC(O)CC(=O)NC(CO)C(O)/C=C/CC/C=C/CCCCCCCCCCCCCCCCCCC. The summed E-state index contributed by atoms with van der Waals surface area (Å²) in [5, 5.41) is 33.2. The molecule has 0 saturated heterocycles. The number of allylic oxidation sites excluding steroid dienone is 7. The van der Waals surface area contributed by atoms with Gasteiger partial charge >= 0.3 is 0 Å². The molecule has 5 nitrogen and oxygen atoms in total. The maximum atomic E-state index is 12.4. The van der Waals surface area contributed by atoms with Gasteiger partial charge in [-0.15, -0.1) is 0 Å². The van der Waals surface area contributed by atoms with Gasteiger partial charge in [-0.2, -0.15) is 0 Å². The van der Waals surface area contributed by atoms with Crippen molar-refractivity contribution in [3.8, 4) is 0 Å². The minimum absolute atomic E-state index is 0.00495. The number of nitrogens with one attached hydrogen (secondary N) is 1. The summed E-state index contributed by atoms with van der Waals surface area (Å²) in [5.41, 5.74) is 0. The maximum absolute atomic E-state index is 12.4. The second-order valence-corrected chi connectivity index (χ2v) is 15.6. The van der Waals surface area contributed by atoms with E-state index >= 15 is 0 Å². The second-order valence-electron chi connectivity index (χ2n) is 15.6. The topological polar surface area (TPSA) is 89.8 Å². The van der Waals surface area contributed by atoms with Crippen molar-refractivity contribution in [1.29, 1.82) is 0 Å². The van der Waals surface area contributed by atoms with E-state index < -0.39 is 18.2 Å². The molecule has 0 spiro atoms. The number of aliphatic hydroxyl groups excluding tert-OH is 3. The lowest BCUT2D eigenvalue weighted by molar-refractivity contribution is -0.124. The van der Waals surface area contributed by atoms with Crippen LogP contribution >= 0.6 is 0 Å². The van der Waals surface area contributed by atoms with Crippen LogP contribution in [0.5, 0.6) is 0 Å². The molecule has 0 bridgehead atoms. The molecule has 0 saturated carbocycles. The first kappa shape index (κ1) is 51.3. The zero-order chi connectivity index (χ0) is 38.7. The van der Waals surface area contributed by atoms with E-state index in [1.807, 2.05) is 6.08 Å². The Bertz CT molecular complexity index is 866. The van der Waals surface area contributed by atoms with Crippen LogP contribution in [0.3, 0.4) is 0 Å². The van der Waals surface area contributed by atoms with Crippen molar-refractivity contribution in [3.05, 3.63) is 48.6 Å². The highest BCUT2D eigenvalue weighted by atomic mass is 16.3. The van der Waals surface area contributed by atoms with E-state index in [1.54, 1.807) is 6.08 Å². The predicted octanol–water partition coefficient (Wildman–Crippen LogP) is 13.3. The van der Waals surface area contributed by atoms with Crippen LogP contribution in [0, 0.1) is 0 Å². The Morgan fingerprint density at radius 2 is 0.868 bits per heavy atom. The fraction of sp³-hybridized carbons (Fsp3) is 0.812. The van der Waals surface area contributed by atoms with E-state index in [-0.39, 0.29) is 18.9 Å². The molecule has 4 N–H and O–H groups in total. The second kappa shape index (κ2) is 43.0. The van der Waals surface area contributed by atoms with Crippen LogP contribution in [0.25, 0.3) is 0 Å². The van der Waals surface area contributed by atoms with Crippen molar-refractivity contribution in [3.63, 3.8) is 0 Å². The molecule has 0 heterocycles. The average molecular weight is 744 g/mol. The molecular weight excluding hydrogens is 655 g/mol. The first-order valence-electron chi connectivity index (χ1n) is 22.9. The molecule has 0 radical (unpaired) electrons. The van der Waals surface area contributed by atoms with Crippen LogP contribution in [-0.2, 0) is 4.79 Å². The summed E-state index contributed by atoms with van der Waals surface area (Å²) in [4.78, 5) is 12.4. The third kappa shape index (κ3) is 39.8. The summed E-state index contributed by atoms with van der Waals surface area (Å²) in [5.74, 6) is -0.334. The molecule has 0 aromatic rings. The van der Waals surface area contributed by atoms with Gasteiger partial charge in [0, 0.05) is 0 Å². The quantitative estimate of drug-likeness (QED) is 0.0371. The highest BCUT2D eigenvalue weighted by molar-refractivity contribution is 5.76. The summed E-state index contributed by atoms with van der Waals surface area (Å²) in [6, 6.07) is -0.767. The van der Waals surface area contributed by atoms with Crippen molar-refractivity contribution in [2.24, 2.45) is 0 Å². The van der Waals surface area contributed by atoms with Crippen LogP contribution in [0.4, 0.5) is 0 Å². The number of rotatable bonds is 41. The van der Waals surface area contributed by atoms with Crippen molar-refractivity contribution >= 4 is 5.91 Å². The van der Waals surface area contributed by atoms with Crippen molar-refractivity contribution < 1.29 is 20.1 Å². The van der Waals surface area contributed by atoms with Crippen molar-refractivity contribution in [2.75, 3.05) is 6.61 Å². The molecule has 0 rings (SSSR count). The molecular formula is C48H89NO4. The Labute approximate surface area is 329 Å². The monoisotopic (exact) mass is 744 g/mol. The summed E-state index contributed by atoms with van der Waals surface area (Å²) in [6.45, 7) is 4.17. The molecule has 0 fully saturated rings. The lowest BCUT2D eigenvalue weighted by Gasteiger charge is -2.20. The first-order valence-corrected chi connectivity index (χ1v) is 22.9. The Morgan fingerprint density at radius 1 is 0.491 bits per heavy atom. The number of hydrogen-bond donors (Lipinski definition) is 4. The van der Waals surface area contributed by atoms with Crippen LogP contribution in [0.2, 0.25) is 0 Å². The molecule has 3 atom stereocenters. The lowest BCUT2D eigenvalue weighted by Crippen LogP contribution is -2.45. The van der Waals surface area contributed by atoms with Gasteiger partial charge in [0.15, 0.2) is 0 Å². The lowest BCUT2D eigenvalue weighted by atomic mass is 10.0. The molecule has 0 aliphatic carbocycles. The summed E-state index contributed by atoms with van der Waals surface area (Å²) >= 11 is 0. The average Bonchev–Trinajstić information content (AvgIpc) is 3.15. The summed E-state index contributed by atoms with van der Waals surface area (Å²) < 4.78 is 0. The normalized spacial score (nSPS) is 14.0. The third-order valence-corrected chi connectivity index (χ3v) is 10.3. The Kier molecular flexibility index (Phi) is 41.7. The molecule has 3 unspecified atom stereocenters. The van der Waals surface area contributed by atoms with Crippen LogP contribution in [0.1, 0.15) is 226 Å². The summed E-state index contributed by atoms with van der Waals surface area (Å²) in [6.07, 6.45) is 55.5. The zero-order valence-electron chi connectivity index (χ0n) is 35.1. The van der Waals surface area contributed by atoms with Gasteiger partial charge in [0.05, 0.1) is 31.3 Å². The molecule has 0 aromatic heterocycles. The number of hydrogen-bond acceptors (Lipinski definition) is 4. The Morgan fingerprint density at radius 3 is 1.36 bits per heavy atom. The largest absolute Gasteiger partial charge is 0.394 e. The molecule has 53 heavy (non-hydrogen) atoms. The molecule has 0 aromatic carbocycles. The molecule has 5 heteroatoms. The van der Waals surface area contributed by atoms with Gasteiger partial charge in [0.1, 0.15) is 0 Å². The molecule has 0 aliphatic rings. The van der Waals surface area contributed by atoms with Gasteiger partial charge in [-0.3, -0.25) is 4.79 Å². The molecule has 1 amide bonds. The first-order chi connectivity index (χ1) is 26.0. The van der Waals surface area contributed by atoms with E-state index in [2.05, 4.69) is 55.6 Å². The van der Waals surface area contributed by atoms with Gasteiger partial charge in [0.25, 0.3) is 0 Å². The standard InChI is InChI=1S/C48H89NO4/c1-3-5-7-9-11-13-15-17-19-20-21-22-23-24-25-26-28-30-32-34-36-38-40-42-47(52)46(44-50)49-48(53)43-45(51)41-39-37-35-33-31-29-27-18-16-14-12-10-8-6-4-2/h12,14,18,27,32,34,40,42,45-47,50-52H,3-11,13,15-17,19-26,28-31,33,35-39,41,43-44H2,1-2H3,(H,49,53)/b14-12-,27-18-,34-32+,42-40+. The van der Waals surface area contributed by atoms with E-state index in [4.69, 9.17) is 0 Å². The number of unbranched alkanes of at least 4 members (excludes halogenated alkanes) is 26. The number of amides is 1. The van der Waals surface area contributed by atoms with Gasteiger partial charge in [-0.25, -0.2) is 0 Å². The molecule has 0 aliphatic heterocycles. The van der Waals surface area contributed by atoms with Crippen LogP contribution < -0.4 is 5.32 Å². The minimum atomic E-state index is -0.957. The third-order valence-electron chi connectivity index (χ3n) is 10.3. The highest BCUT2D eigenvalue weighted by Gasteiger charge is 2.20. The number of aliphatic hydroxyl groups is 3.